The van der Waals surface area contributed by atoms with Crippen LogP contribution in [0.2, 0.25) is 0 Å². The van der Waals surface area contributed by atoms with E-state index in [0.717, 1.165) is 44.0 Å². The molecule has 1 N–H and O–H groups in total. The smallest absolute Gasteiger partial charge is 0.270 e. The van der Waals surface area contributed by atoms with Gasteiger partial charge < -0.3 is 9.88 Å². The van der Waals surface area contributed by atoms with Gasteiger partial charge in [-0.25, -0.2) is 14.4 Å². The molecular weight excluding hydrogens is 357 g/mol. The van der Waals surface area contributed by atoms with Crippen molar-refractivity contribution < 1.29 is 4.39 Å². The van der Waals surface area contributed by atoms with Crippen molar-refractivity contribution in [3.8, 4) is 0 Å². The molecule has 2 aliphatic rings. The van der Waals surface area contributed by atoms with Crippen LogP contribution in [0.25, 0.3) is 11.2 Å². The van der Waals surface area contributed by atoms with Crippen LogP contribution in [-0.2, 0) is 13.0 Å². The summed E-state index contributed by atoms with van der Waals surface area (Å²) in [6.07, 6.45) is 2.45. The van der Waals surface area contributed by atoms with Crippen molar-refractivity contribution in [2.45, 2.75) is 19.9 Å². The first-order valence-corrected chi connectivity index (χ1v) is 9.64. The Morgan fingerprint density at radius 1 is 1.18 bits per heavy atom. The van der Waals surface area contributed by atoms with E-state index in [9.17, 15) is 9.18 Å². The summed E-state index contributed by atoms with van der Waals surface area (Å²) in [6.45, 7) is 6.86. The lowest BCUT2D eigenvalue weighted by molar-refractivity contribution is -0.0273. The number of anilines is 1. The van der Waals surface area contributed by atoms with Gasteiger partial charge in [-0.05, 0) is 42.3 Å². The quantitative estimate of drug-likeness (QED) is 0.754. The van der Waals surface area contributed by atoms with E-state index in [1.165, 1.54) is 12.1 Å². The summed E-state index contributed by atoms with van der Waals surface area (Å²) in [5, 5.41) is 0. The van der Waals surface area contributed by atoms with Crippen LogP contribution in [0, 0.1) is 11.2 Å². The molecule has 2 saturated heterocycles. The van der Waals surface area contributed by atoms with Crippen LogP contribution in [-0.4, -0.2) is 46.0 Å². The fraction of sp³-hybridized carbons (Fsp3) is 0.381. The third-order valence-corrected chi connectivity index (χ3v) is 5.78. The van der Waals surface area contributed by atoms with Crippen molar-refractivity contribution in [2.75, 3.05) is 31.1 Å². The number of aromatic nitrogens is 3. The second-order valence-electron chi connectivity index (χ2n) is 8.06. The minimum atomic E-state index is -0.194. The molecule has 0 bridgehead atoms. The largest absolute Gasteiger partial charge is 0.370 e. The number of hydrogen-bond acceptors (Lipinski definition) is 5. The van der Waals surface area contributed by atoms with E-state index < -0.39 is 0 Å². The van der Waals surface area contributed by atoms with E-state index in [2.05, 4.69) is 24.8 Å². The van der Waals surface area contributed by atoms with E-state index in [-0.39, 0.29) is 11.4 Å². The van der Waals surface area contributed by atoms with Gasteiger partial charge in [0.25, 0.3) is 5.56 Å². The zero-order valence-electron chi connectivity index (χ0n) is 15.8. The van der Waals surface area contributed by atoms with E-state index >= 15 is 0 Å². The van der Waals surface area contributed by atoms with Gasteiger partial charge in [-0.15, -0.1) is 0 Å². The summed E-state index contributed by atoms with van der Waals surface area (Å²) in [6, 6.07) is 8.70. The van der Waals surface area contributed by atoms with E-state index in [0.29, 0.717) is 28.7 Å². The van der Waals surface area contributed by atoms with E-state index in [4.69, 9.17) is 0 Å². The Balaban J connectivity index is 1.21. The van der Waals surface area contributed by atoms with Gasteiger partial charge in [-0.1, -0.05) is 6.92 Å². The Bertz CT molecular complexity index is 1080. The first-order chi connectivity index (χ1) is 13.5. The lowest BCUT2D eigenvalue weighted by Gasteiger charge is -2.61. The molecule has 28 heavy (non-hydrogen) atoms. The van der Waals surface area contributed by atoms with Crippen molar-refractivity contribution in [1.82, 2.24) is 19.9 Å². The summed E-state index contributed by atoms with van der Waals surface area (Å²) in [5.41, 5.74) is 4.20. The van der Waals surface area contributed by atoms with Crippen molar-refractivity contribution in [3.05, 3.63) is 64.0 Å². The summed E-state index contributed by atoms with van der Waals surface area (Å²) in [7, 11) is 0. The Labute approximate surface area is 162 Å². The Morgan fingerprint density at radius 3 is 2.64 bits per heavy atom. The number of aromatic amines is 1. The molecule has 144 valence electrons. The van der Waals surface area contributed by atoms with Gasteiger partial charge in [-0.2, -0.15) is 0 Å². The van der Waals surface area contributed by atoms with Crippen LogP contribution < -0.4 is 10.5 Å². The highest BCUT2D eigenvalue weighted by Gasteiger charge is 2.51. The van der Waals surface area contributed by atoms with Crippen molar-refractivity contribution in [2.24, 2.45) is 5.41 Å². The lowest BCUT2D eigenvalue weighted by Crippen LogP contribution is -2.71. The Hall–Kier alpha value is -2.80. The molecule has 2 fully saturated rings. The molecule has 0 atom stereocenters. The molecule has 6 nitrogen and oxygen atoms in total. The molecule has 0 unspecified atom stereocenters. The van der Waals surface area contributed by atoms with Crippen molar-refractivity contribution in [1.29, 1.82) is 0 Å². The number of hydrogen-bond donors (Lipinski definition) is 1. The molecule has 4 heterocycles. The summed E-state index contributed by atoms with van der Waals surface area (Å²) in [4.78, 5) is 28.3. The van der Waals surface area contributed by atoms with Crippen molar-refractivity contribution in [3.63, 3.8) is 0 Å². The molecule has 7 heteroatoms. The number of fused-ring (bicyclic) bond motifs is 1. The minimum absolute atomic E-state index is 0.132. The molecule has 5 rings (SSSR count). The van der Waals surface area contributed by atoms with Crippen LogP contribution in [0.3, 0.4) is 0 Å². The topological polar surface area (TPSA) is 65.1 Å². The second-order valence-corrected chi connectivity index (χ2v) is 8.06. The fourth-order valence-corrected chi connectivity index (χ4v) is 4.45. The third-order valence-electron chi connectivity index (χ3n) is 5.78. The van der Waals surface area contributed by atoms with Crippen LogP contribution in [0.4, 0.5) is 10.1 Å². The maximum Gasteiger partial charge on any atom is 0.270 e. The molecule has 1 spiro atoms. The SMILES string of the molecule is CCc1nc2ncc(CN3CC4(C3)CN(c3ccc(F)cc3)C4)cc2[nH]c1=O. The summed E-state index contributed by atoms with van der Waals surface area (Å²) in [5.74, 6) is -0.194. The normalized spacial score (nSPS) is 18.3. The van der Waals surface area contributed by atoms with Gasteiger partial charge in [0.05, 0.1) is 5.52 Å². The van der Waals surface area contributed by atoms with Gasteiger partial charge in [0.1, 0.15) is 11.5 Å². The Morgan fingerprint density at radius 2 is 1.93 bits per heavy atom. The Kier molecular flexibility index (Phi) is 3.94. The number of likely N-dealkylation sites (tertiary alicyclic amines) is 1. The molecular formula is C21H22FN5O. The standard InChI is InChI=1S/C21H22FN5O/c1-2-17-20(28)25-18-7-14(8-23-19(18)24-17)9-26-10-21(11-26)12-27(13-21)16-5-3-15(22)4-6-16/h3-8H,2,9-13H2,1H3,(H,25,28). The predicted molar refractivity (Wildman–Crippen MR) is 106 cm³/mol. The van der Waals surface area contributed by atoms with Crippen molar-refractivity contribution >= 4 is 16.9 Å². The number of benzene rings is 1. The number of nitrogens with zero attached hydrogens (tertiary/aromatic N) is 4. The number of pyridine rings is 1. The highest BCUT2D eigenvalue weighted by atomic mass is 19.1. The average molecular weight is 379 g/mol. The molecule has 0 amide bonds. The first-order valence-electron chi connectivity index (χ1n) is 9.64. The summed E-state index contributed by atoms with van der Waals surface area (Å²) >= 11 is 0. The number of rotatable bonds is 4. The number of H-pyrrole nitrogens is 1. The number of halogens is 1. The van der Waals surface area contributed by atoms with E-state index in [1.54, 1.807) is 0 Å². The molecule has 1 aromatic carbocycles. The maximum atomic E-state index is 13.1. The predicted octanol–water partition coefficient (Wildman–Crippen LogP) is 2.34. The van der Waals surface area contributed by atoms with E-state index in [1.807, 2.05) is 31.3 Å². The van der Waals surface area contributed by atoms with Crippen LogP contribution in [0.5, 0.6) is 0 Å². The third kappa shape index (κ3) is 2.96. The number of aryl methyl sites for hydroxylation is 1. The lowest BCUT2D eigenvalue weighted by atomic mass is 9.72. The summed E-state index contributed by atoms with van der Waals surface area (Å²) < 4.78 is 13.1. The zero-order chi connectivity index (χ0) is 19.3. The van der Waals surface area contributed by atoms with Gasteiger partial charge in [0.2, 0.25) is 0 Å². The highest BCUT2D eigenvalue weighted by molar-refractivity contribution is 5.69. The molecule has 0 saturated carbocycles. The second kappa shape index (κ2) is 6.38. The van der Waals surface area contributed by atoms with Gasteiger partial charge in [0, 0.05) is 50.0 Å². The minimum Gasteiger partial charge on any atom is -0.370 e. The molecule has 0 aliphatic carbocycles. The first kappa shape index (κ1) is 17.3. The highest BCUT2D eigenvalue weighted by Crippen LogP contribution is 2.42. The van der Waals surface area contributed by atoms with Crippen LogP contribution in [0.1, 0.15) is 18.2 Å². The fourth-order valence-electron chi connectivity index (χ4n) is 4.45. The van der Waals surface area contributed by atoms with Crippen LogP contribution >= 0.6 is 0 Å². The average Bonchev–Trinajstić information content (AvgIpc) is 2.63. The van der Waals surface area contributed by atoms with Gasteiger partial charge in [0.15, 0.2) is 5.65 Å². The van der Waals surface area contributed by atoms with Gasteiger partial charge >= 0.3 is 0 Å². The van der Waals surface area contributed by atoms with Gasteiger partial charge in [-0.3, -0.25) is 9.69 Å². The molecule has 3 aromatic rings. The monoisotopic (exact) mass is 379 g/mol. The molecule has 2 aromatic heterocycles. The number of nitrogens with one attached hydrogen (secondary N) is 1. The van der Waals surface area contributed by atoms with Crippen LogP contribution in [0.15, 0.2) is 41.3 Å². The molecule has 0 radical (unpaired) electrons. The maximum absolute atomic E-state index is 13.1. The zero-order valence-corrected chi connectivity index (χ0v) is 15.8. The molecule has 2 aliphatic heterocycles.